The van der Waals surface area contributed by atoms with Gasteiger partial charge in [-0.05, 0) is 19.8 Å². The highest BCUT2D eigenvalue weighted by Crippen LogP contribution is 2.13. The van der Waals surface area contributed by atoms with Gasteiger partial charge in [-0.3, -0.25) is 9.80 Å². The molecule has 1 fully saturated rings. The monoisotopic (exact) mass is 227 g/mol. The molecule has 0 amide bonds. The van der Waals surface area contributed by atoms with E-state index in [1.165, 1.54) is 45.4 Å². The topological polar surface area (TPSA) is 32.5 Å². The van der Waals surface area contributed by atoms with Crippen LogP contribution < -0.4 is 5.73 Å². The van der Waals surface area contributed by atoms with Gasteiger partial charge in [-0.2, -0.15) is 0 Å². The Morgan fingerprint density at radius 1 is 1.06 bits per heavy atom. The maximum atomic E-state index is 5.86. The molecule has 0 aromatic rings. The highest BCUT2D eigenvalue weighted by Gasteiger charge is 2.23. The Hall–Kier alpha value is -0.120. The third-order valence-corrected chi connectivity index (χ3v) is 3.97. The zero-order chi connectivity index (χ0) is 12.0. The summed E-state index contributed by atoms with van der Waals surface area (Å²) in [5.41, 5.74) is 5.86. The fourth-order valence-corrected chi connectivity index (χ4v) is 2.58. The van der Waals surface area contributed by atoms with Gasteiger partial charge >= 0.3 is 0 Å². The van der Waals surface area contributed by atoms with Crippen molar-refractivity contribution in [1.82, 2.24) is 9.80 Å². The van der Waals surface area contributed by atoms with Crippen LogP contribution in [0.2, 0.25) is 0 Å². The van der Waals surface area contributed by atoms with Gasteiger partial charge in [0, 0.05) is 44.8 Å². The first kappa shape index (κ1) is 13.9. The molecule has 2 N–H and O–H groups in total. The standard InChI is InChI=1S/C13H29N3/c1-4-6-13(11-14)16-9-7-15(8-10-16)12(3)5-2/h12-13H,4-11,14H2,1-3H3. The average Bonchev–Trinajstić information content (AvgIpc) is 2.35. The maximum Gasteiger partial charge on any atom is 0.0219 e. The fraction of sp³-hybridized carbons (Fsp3) is 1.00. The van der Waals surface area contributed by atoms with E-state index in [-0.39, 0.29) is 0 Å². The van der Waals surface area contributed by atoms with Crippen molar-refractivity contribution in [2.45, 2.75) is 52.1 Å². The van der Waals surface area contributed by atoms with Crippen LogP contribution in [-0.2, 0) is 0 Å². The zero-order valence-corrected chi connectivity index (χ0v) is 11.3. The van der Waals surface area contributed by atoms with Crippen molar-refractivity contribution in [3.63, 3.8) is 0 Å². The molecule has 0 saturated carbocycles. The summed E-state index contributed by atoms with van der Waals surface area (Å²) in [5.74, 6) is 0. The molecule has 2 unspecified atom stereocenters. The molecular weight excluding hydrogens is 198 g/mol. The molecule has 0 aromatic heterocycles. The predicted molar refractivity (Wildman–Crippen MR) is 70.6 cm³/mol. The van der Waals surface area contributed by atoms with Crippen molar-refractivity contribution in [2.75, 3.05) is 32.7 Å². The van der Waals surface area contributed by atoms with Crippen LogP contribution >= 0.6 is 0 Å². The van der Waals surface area contributed by atoms with Crippen LogP contribution in [0, 0.1) is 0 Å². The van der Waals surface area contributed by atoms with E-state index in [2.05, 4.69) is 30.6 Å². The minimum absolute atomic E-state index is 0.615. The Balaban J connectivity index is 2.35. The van der Waals surface area contributed by atoms with E-state index in [0.29, 0.717) is 6.04 Å². The van der Waals surface area contributed by atoms with Crippen molar-refractivity contribution < 1.29 is 0 Å². The van der Waals surface area contributed by atoms with E-state index in [4.69, 9.17) is 5.73 Å². The van der Waals surface area contributed by atoms with Gasteiger partial charge in [-0.15, -0.1) is 0 Å². The fourth-order valence-electron chi connectivity index (χ4n) is 2.58. The quantitative estimate of drug-likeness (QED) is 0.747. The lowest BCUT2D eigenvalue weighted by atomic mass is 10.1. The molecular formula is C13H29N3. The molecule has 2 atom stereocenters. The largest absolute Gasteiger partial charge is 0.329 e. The van der Waals surface area contributed by atoms with Crippen LogP contribution in [-0.4, -0.2) is 54.6 Å². The molecule has 96 valence electrons. The highest BCUT2D eigenvalue weighted by molar-refractivity contribution is 4.80. The molecule has 16 heavy (non-hydrogen) atoms. The molecule has 3 heteroatoms. The molecule has 1 aliphatic rings. The van der Waals surface area contributed by atoms with Crippen LogP contribution in [0.1, 0.15) is 40.0 Å². The Kier molecular flexibility index (Phi) is 6.32. The first-order chi connectivity index (χ1) is 7.72. The molecule has 0 spiro atoms. The van der Waals surface area contributed by atoms with Crippen molar-refractivity contribution in [1.29, 1.82) is 0 Å². The SMILES string of the molecule is CCCC(CN)N1CCN(C(C)CC)CC1. The molecule has 0 aromatic carbocycles. The van der Waals surface area contributed by atoms with Gasteiger partial charge < -0.3 is 5.73 Å². The molecule has 1 heterocycles. The Bertz CT molecular complexity index is 176. The van der Waals surface area contributed by atoms with E-state index in [1.54, 1.807) is 0 Å². The summed E-state index contributed by atoms with van der Waals surface area (Å²) in [6.45, 7) is 12.5. The number of nitrogens with two attached hydrogens (primary N) is 1. The number of piperazine rings is 1. The van der Waals surface area contributed by atoms with Crippen LogP contribution in [0.4, 0.5) is 0 Å². The van der Waals surface area contributed by atoms with Crippen LogP contribution in [0.25, 0.3) is 0 Å². The second kappa shape index (κ2) is 7.25. The van der Waals surface area contributed by atoms with Crippen molar-refractivity contribution in [2.24, 2.45) is 5.73 Å². The lowest BCUT2D eigenvalue weighted by Gasteiger charge is -2.41. The smallest absolute Gasteiger partial charge is 0.0219 e. The molecule has 0 aliphatic carbocycles. The second-order valence-corrected chi connectivity index (χ2v) is 5.01. The van der Waals surface area contributed by atoms with Gasteiger partial charge in [0.05, 0.1) is 0 Å². The highest BCUT2D eigenvalue weighted by atomic mass is 15.3. The number of hydrogen-bond donors (Lipinski definition) is 1. The van der Waals surface area contributed by atoms with Crippen molar-refractivity contribution in [3.8, 4) is 0 Å². The van der Waals surface area contributed by atoms with Gasteiger partial charge in [0.15, 0.2) is 0 Å². The van der Waals surface area contributed by atoms with Gasteiger partial charge in [0.1, 0.15) is 0 Å². The van der Waals surface area contributed by atoms with Crippen LogP contribution in [0.3, 0.4) is 0 Å². The summed E-state index contributed by atoms with van der Waals surface area (Å²) in [7, 11) is 0. The Morgan fingerprint density at radius 2 is 1.62 bits per heavy atom. The molecule has 1 aliphatic heterocycles. The predicted octanol–water partition coefficient (Wildman–Crippen LogP) is 1.53. The van der Waals surface area contributed by atoms with Gasteiger partial charge in [-0.25, -0.2) is 0 Å². The van der Waals surface area contributed by atoms with Gasteiger partial charge in [-0.1, -0.05) is 20.3 Å². The van der Waals surface area contributed by atoms with Gasteiger partial charge in [0.2, 0.25) is 0 Å². The summed E-state index contributed by atoms with van der Waals surface area (Å²) < 4.78 is 0. The van der Waals surface area contributed by atoms with E-state index in [0.717, 1.165) is 12.6 Å². The minimum atomic E-state index is 0.615. The molecule has 0 bridgehead atoms. The number of hydrogen-bond acceptors (Lipinski definition) is 3. The van der Waals surface area contributed by atoms with Crippen LogP contribution in [0.15, 0.2) is 0 Å². The lowest BCUT2D eigenvalue weighted by molar-refractivity contribution is 0.0716. The van der Waals surface area contributed by atoms with Crippen molar-refractivity contribution in [3.05, 3.63) is 0 Å². The summed E-state index contributed by atoms with van der Waals surface area (Å²) in [5, 5.41) is 0. The molecule has 3 nitrogen and oxygen atoms in total. The van der Waals surface area contributed by atoms with E-state index < -0.39 is 0 Å². The second-order valence-electron chi connectivity index (χ2n) is 5.01. The number of rotatable bonds is 6. The minimum Gasteiger partial charge on any atom is -0.329 e. The van der Waals surface area contributed by atoms with E-state index in [9.17, 15) is 0 Å². The first-order valence-electron chi connectivity index (χ1n) is 6.91. The van der Waals surface area contributed by atoms with Gasteiger partial charge in [0.25, 0.3) is 0 Å². The van der Waals surface area contributed by atoms with E-state index in [1.807, 2.05) is 0 Å². The number of nitrogens with zero attached hydrogens (tertiary/aromatic N) is 2. The molecule has 1 saturated heterocycles. The Morgan fingerprint density at radius 3 is 2.06 bits per heavy atom. The average molecular weight is 227 g/mol. The maximum absolute atomic E-state index is 5.86. The lowest BCUT2D eigenvalue weighted by Crippen LogP contribution is -2.54. The summed E-state index contributed by atoms with van der Waals surface area (Å²) in [6.07, 6.45) is 3.75. The first-order valence-corrected chi connectivity index (χ1v) is 6.91. The third-order valence-electron chi connectivity index (χ3n) is 3.97. The summed E-state index contributed by atoms with van der Waals surface area (Å²) >= 11 is 0. The normalized spacial score (nSPS) is 23.2. The summed E-state index contributed by atoms with van der Waals surface area (Å²) in [4.78, 5) is 5.19. The van der Waals surface area contributed by atoms with E-state index >= 15 is 0 Å². The molecule has 0 radical (unpaired) electrons. The third kappa shape index (κ3) is 3.72. The van der Waals surface area contributed by atoms with Crippen molar-refractivity contribution >= 4 is 0 Å². The molecule has 1 rings (SSSR count). The zero-order valence-electron chi connectivity index (χ0n) is 11.3. The summed E-state index contributed by atoms with van der Waals surface area (Å²) in [6, 6.07) is 1.36. The van der Waals surface area contributed by atoms with Crippen LogP contribution in [0.5, 0.6) is 0 Å². The Labute approximate surface area is 101 Å².